The number of carbonyl (C=O) groups is 1. The summed E-state index contributed by atoms with van der Waals surface area (Å²) in [5, 5.41) is 0. The fourth-order valence-electron chi connectivity index (χ4n) is 3.88. The van der Waals surface area contributed by atoms with E-state index in [0.717, 1.165) is 43.6 Å². The van der Waals surface area contributed by atoms with Gasteiger partial charge in [-0.25, -0.2) is 0 Å². The van der Waals surface area contributed by atoms with Gasteiger partial charge in [0, 0.05) is 27.7 Å². The van der Waals surface area contributed by atoms with E-state index in [4.69, 9.17) is 18.9 Å². The van der Waals surface area contributed by atoms with Gasteiger partial charge in [0.05, 0.1) is 36.7 Å². The molecule has 1 aliphatic rings. The Labute approximate surface area is 187 Å². The number of fused-ring (bicyclic) bond motifs is 2. The molecule has 0 fully saturated rings. The van der Waals surface area contributed by atoms with Crippen molar-refractivity contribution in [2.45, 2.75) is 39.0 Å². The van der Waals surface area contributed by atoms with Gasteiger partial charge < -0.3 is 18.9 Å². The van der Waals surface area contributed by atoms with Gasteiger partial charge in [-0.15, -0.1) is 0 Å². The second kappa shape index (κ2) is 8.19. The van der Waals surface area contributed by atoms with Crippen molar-refractivity contribution in [1.82, 2.24) is 0 Å². The van der Waals surface area contributed by atoms with Crippen molar-refractivity contribution in [3.63, 3.8) is 0 Å². The third-order valence-electron chi connectivity index (χ3n) is 5.42. The third-order valence-corrected chi connectivity index (χ3v) is 6.60. The highest BCUT2D eigenvalue weighted by atomic mass is 79.9. The van der Waals surface area contributed by atoms with E-state index in [1.165, 1.54) is 7.11 Å². The average molecular weight is 528 g/mol. The van der Waals surface area contributed by atoms with Gasteiger partial charge in [-0.05, 0) is 50.4 Å². The zero-order valence-corrected chi connectivity index (χ0v) is 20.5. The Morgan fingerprint density at radius 2 is 1.45 bits per heavy atom. The first kappa shape index (κ1) is 22.0. The Kier molecular flexibility index (Phi) is 6.20. The molecule has 2 aromatic carbocycles. The number of benzene rings is 2. The maximum absolute atomic E-state index is 12.1. The summed E-state index contributed by atoms with van der Waals surface area (Å²) in [4.78, 5) is 12.1. The molecule has 0 amide bonds. The van der Waals surface area contributed by atoms with Gasteiger partial charge in [0.1, 0.15) is 23.0 Å². The Morgan fingerprint density at radius 1 is 0.966 bits per heavy atom. The van der Waals surface area contributed by atoms with Gasteiger partial charge >= 0.3 is 5.97 Å². The molecule has 0 bridgehead atoms. The molecule has 1 aliphatic heterocycles. The van der Waals surface area contributed by atoms with Crippen molar-refractivity contribution in [3.05, 3.63) is 43.3 Å². The average Bonchev–Trinajstić information content (AvgIpc) is 2.68. The molecule has 0 radical (unpaired) electrons. The molecule has 3 rings (SSSR count). The van der Waals surface area contributed by atoms with Crippen LogP contribution in [0, 0.1) is 0 Å². The first-order chi connectivity index (χ1) is 13.7. The van der Waals surface area contributed by atoms with Gasteiger partial charge in [0.2, 0.25) is 0 Å². The fourth-order valence-corrected chi connectivity index (χ4v) is 5.14. The molecule has 0 N–H and O–H groups in total. The van der Waals surface area contributed by atoms with Crippen molar-refractivity contribution in [2.75, 3.05) is 21.3 Å². The molecule has 0 spiro atoms. The predicted molar refractivity (Wildman–Crippen MR) is 119 cm³/mol. The van der Waals surface area contributed by atoms with Crippen molar-refractivity contribution < 1.29 is 23.7 Å². The number of ether oxygens (including phenoxy) is 4. The van der Waals surface area contributed by atoms with Crippen LogP contribution < -0.4 is 14.2 Å². The van der Waals surface area contributed by atoms with Crippen molar-refractivity contribution in [1.29, 1.82) is 0 Å². The minimum Gasteiger partial charge on any atom is -0.495 e. The largest absolute Gasteiger partial charge is 0.495 e. The molecule has 0 aromatic heterocycles. The molecule has 0 aliphatic carbocycles. The molecule has 1 heterocycles. The molecule has 29 heavy (non-hydrogen) atoms. The van der Waals surface area contributed by atoms with Crippen molar-refractivity contribution in [3.8, 4) is 23.0 Å². The number of rotatable bonds is 5. The third kappa shape index (κ3) is 3.52. The maximum Gasteiger partial charge on any atom is 0.310 e. The standard InChI is InChI=1S/C22H24Br2O5/c1-7-11-18-13(9-15(23)20(11)27-5)22(2,3)14-10-16(24)21(28-6)12(19(14)29-18)8-17(25)26-4/h9-10H,7-8H2,1-6H3. The second-order valence-corrected chi connectivity index (χ2v) is 9.04. The zero-order valence-electron chi connectivity index (χ0n) is 17.4. The van der Waals surface area contributed by atoms with Gasteiger partial charge in [-0.2, -0.15) is 0 Å². The smallest absolute Gasteiger partial charge is 0.310 e. The van der Waals surface area contributed by atoms with Crippen LogP contribution in [-0.4, -0.2) is 27.3 Å². The van der Waals surface area contributed by atoms with Gasteiger partial charge in [-0.1, -0.05) is 20.8 Å². The molecule has 2 aromatic rings. The number of hydrogen-bond acceptors (Lipinski definition) is 5. The lowest BCUT2D eigenvalue weighted by Crippen LogP contribution is -2.27. The molecule has 0 saturated heterocycles. The molecule has 0 saturated carbocycles. The molecule has 156 valence electrons. The van der Waals surface area contributed by atoms with E-state index in [9.17, 15) is 4.79 Å². The van der Waals surface area contributed by atoms with Crippen LogP contribution in [0.5, 0.6) is 23.0 Å². The van der Waals surface area contributed by atoms with Crippen LogP contribution in [0.15, 0.2) is 21.1 Å². The number of methoxy groups -OCH3 is 3. The summed E-state index contributed by atoms with van der Waals surface area (Å²) < 4.78 is 24.3. The first-order valence-corrected chi connectivity index (χ1v) is 10.8. The van der Waals surface area contributed by atoms with Crippen molar-refractivity contribution >= 4 is 37.8 Å². The van der Waals surface area contributed by atoms with E-state index in [0.29, 0.717) is 17.1 Å². The summed E-state index contributed by atoms with van der Waals surface area (Å²) in [6, 6.07) is 4.05. The molecular weight excluding hydrogens is 504 g/mol. The summed E-state index contributed by atoms with van der Waals surface area (Å²) in [5.74, 6) is 2.35. The molecular formula is C22H24Br2O5. The van der Waals surface area contributed by atoms with E-state index in [1.54, 1.807) is 14.2 Å². The summed E-state index contributed by atoms with van der Waals surface area (Å²) in [7, 11) is 4.60. The topological polar surface area (TPSA) is 54.0 Å². The summed E-state index contributed by atoms with van der Waals surface area (Å²) in [5.41, 5.74) is 3.28. The van der Waals surface area contributed by atoms with Gasteiger partial charge in [0.15, 0.2) is 0 Å². The predicted octanol–water partition coefficient (Wildman–Crippen LogP) is 5.94. The van der Waals surface area contributed by atoms with Gasteiger partial charge in [0.25, 0.3) is 0 Å². The lowest BCUT2D eigenvalue weighted by Gasteiger charge is -2.37. The highest BCUT2D eigenvalue weighted by Crippen LogP contribution is 2.56. The molecule has 5 nitrogen and oxygen atoms in total. The van der Waals surface area contributed by atoms with Crippen LogP contribution in [0.1, 0.15) is 43.0 Å². The molecule has 7 heteroatoms. The van der Waals surface area contributed by atoms with E-state index in [1.807, 2.05) is 12.1 Å². The summed E-state index contributed by atoms with van der Waals surface area (Å²) in [6.07, 6.45) is 0.776. The number of esters is 1. The minimum absolute atomic E-state index is 0.0436. The number of carbonyl (C=O) groups excluding carboxylic acids is 1. The van der Waals surface area contributed by atoms with Crippen molar-refractivity contribution in [2.24, 2.45) is 0 Å². The highest BCUT2D eigenvalue weighted by molar-refractivity contribution is 9.11. The highest BCUT2D eigenvalue weighted by Gasteiger charge is 2.40. The van der Waals surface area contributed by atoms with Crippen LogP contribution in [0.25, 0.3) is 0 Å². The lowest BCUT2D eigenvalue weighted by molar-refractivity contribution is -0.139. The van der Waals surface area contributed by atoms with E-state index >= 15 is 0 Å². The quantitative estimate of drug-likeness (QED) is 0.450. The van der Waals surface area contributed by atoms with E-state index in [2.05, 4.69) is 52.6 Å². The molecule has 0 atom stereocenters. The zero-order chi connectivity index (χ0) is 21.5. The van der Waals surface area contributed by atoms with Gasteiger partial charge in [-0.3, -0.25) is 4.79 Å². The lowest BCUT2D eigenvalue weighted by atomic mass is 9.74. The van der Waals surface area contributed by atoms with E-state index < -0.39 is 0 Å². The first-order valence-electron chi connectivity index (χ1n) is 9.25. The molecule has 0 unspecified atom stereocenters. The Hall–Kier alpha value is -1.73. The Balaban J connectivity index is 2.35. The van der Waals surface area contributed by atoms with Crippen LogP contribution in [0.4, 0.5) is 0 Å². The maximum atomic E-state index is 12.1. The fraction of sp³-hybridized carbons (Fsp3) is 0.409. The number of hydrogen-bond donors (Lipinski definition) is 0. The Bertz CT molecular complexity index is 982. The normalized spacial score (nSPS) is 13.8. The second-order valence-electron chi connectivity index (χ2n) is 7.33. The minimum atomic E-state index is -0.374. The van der Waals surface area contributed by atoms with Crippen LogP contribution in [0.3, 0.4) is 0 Å². The van der Waals surface area contributed by atoms with E-state index in [-0.39, 0.29) is 17.8 Å². The SMILES string of the molecule is CCc1c(OC)c(Br)cc2c1Oc1c(cc(Br)c(OC)c1CC(=O)OC)C2(C)C. The van der Waals surface area contributed by atoms with Crippen LogP contribution in [0.2, 0.25) is 0 Å². The Morgan fingerprint density at radius 3 is 1.90 bits per heavy atom. The van der Waals surface area contributed by atoms with Crippen LogP contribution in [-0.2, 0) is 27.8 Å². The van der Waals surface area contributed by atoms with Crippen LogP contribution >= 0.6 is 31.9 Å². The monoisotopic (exact) mass is 526 g/mol. The number of halogens is 2. The summed E-state index contributed by atoms with van der Waals surface area (Å²) >= 11 is 7.24. The summed E-state index contributed by atoms with van der Waals surface area (Å²) in [6.45, 7) is 6.35.